The Morgan fingerprint density at radius 1 is 1.07 bits per heavy atom. The number of aromatic nitrogens is 4. The molecule has 3 heterocycles. The molecule has 8 nitrogen and oxygen atoms in total. The first-order valence-electron chi connectivity index (χ1n) is 9.10. The third kappa shape index (κ3) is 3.77. The molecule has 0 saturated carbocycles. The number of ether oxygens (including phenoxy) is 1. The summed E-state index contributed by atoms with van der Waals surface area (Å²) in [7, 11) is 1.63. The summed E-state index contributed by atoms with van der Waals surface area (Å²) < 4.78 is 8.11. The Kier molecular flexibility index (Phi) is 4.90. The minimum absolute atomic E-state index is 0.0607. The van der Waals surface area contributed by atoms with Crippen molar-refractivity contribution in [1.29, 1.82) is 0 Å². The number of pyridine rings is 1. The maximum Gasteiger partial charge on any atom is 0.306 e. The second-order valence-electron chi connectivity index (χ2n) is 6.58. The summed E-state index contributed by atoms with van der Waals surface area (Å²) >= 11 is 0. The number of nitrogens with zero attached hydrogens (tertiary/aromatic N) is 4. The lowest BCUT2D eigenvalue weighted by Gasteiger charge is -2.09. The van der Waals surface area contributed by atoms with Crippen LogP contribution < -0.4 is 11.1 Å². The Morgan fingerprint density at radius 2 is 1.86 bits per heavy atom. The fourth-order valence-corrected chi connectivity index (χ4v) is 3.10. The zero-order valence-electron chi connectivity index (χ0n) is 15.7. The number of hydrogen-bond donors (Lipinski definition) is 0. The van der Waals surface area contributed by atoms with Gasteiger partial charge in [0.15, 0.2) is 0 Å². The maximum atomic E-state index is 12.4. The molecule has 0 fully saturated rings. The number of fused-ring (bicyclic) bond motifs is 2. The maximum absolute atomic E-state index is 12.4. The standard InChI is InChI=1S/C21H18N4O4/c1-24-17(23-16-7-3-2-6-15(16)21(24)28)9-10-20(27)29-13-14-12-19(26)25-11-5-4-8-18(25)22-14/h2-8,11-12H,9-10,13H2,1H3. The Morgan fingerprint density at radius 3 is 2.72 bits per heavy atom. The molecule has 0 radical (unpaired) electrons. The lowest BCUT2D eigenvalue weighted by Crippen LogP contribution is -2.23. The molecule has 1 aromatic carbocycles. The Balaban J connectivity index is 1.43. The molecule has 0 spiro atoms. The van der Waals surface area contributed by atoms with Crippen LogP contribution in [0.5, 0.6) is 0 Å². The molecule has 0 aliphatic heterocycles. The first-order valence-corrected chi connectivity index (χ1v) is 9.10. The number of carbonyl (C=O) groups is 1. The van der Waals surface area contributed by atoms with Gasteiger partial charge in [-0.2, -0.15) is 0 Å². The predicted octanol–water partition coefficient (Wildman–Crippen LogP) is 1.62. The van der Waals surface area contributed by atoms with E-state index in [2.05, 4.69) is 9.97 Å². The topological polar surface area (TPSA) is 95.6 Å². The average Bonchev–Trinajstić information content (AvgIpc) is 2.74. The first kappa shape index (κ1) is 18.5. The number of aryl methyl sites for hydroxylation is 1. The summed E-state index contributed by atoms with van der Waals surface area (Å²) in [5.41, 5.74) is 1.07. The third-order valence-electron chi connectivity index (χ3n) is 4.63. The van der Waals surface area contributed by atoms with Crippen molar-refractivity contribution >= 4 is 22.5 Å². The van der Waals surface area contributed by atoms with Gasteiger partial charge in [-0.1, -0.05) is 18.2 Å². The van der Waals surface area contributed by atoms with E-state index in [9.17, 15) is 14.4 Å². The molecule has 0 bridgehead atoms. The number of benzene rings is 1. The molecule has 8 heteroatoms. The van der Waals surface area contributed by atoms with E-state index in [4.69, 9.17) is 4.74 Å². The molecule has 0 amide bonds. The van der Waals surface area contributed by atoms with Gasteiger partial charge in [0.1, 0.15) is 18.1 Å². The van der Waals surface area contributed by atoms with Crippen molar-refractivity contribution in [2.24, 2.45) is 7.05 Å². The summed E-state index contributed by atoms with van der Waals surface area (Å²) in [4.78, 5) is 45.4. The number of rotatable bonds is 5. The van der Waals surface area contributed by atoms with E-state index in [-0.39, 0.29) is 30.6 Å². The van der Waals surface area contributed by atoms with Gasteiger partial charge in [0.25, 0.3) is 11.1 Å². The highest BCUT2D eigenvalue weighted by Gasteiger charge is 2.11. The van der Waals surface area contributed by atoms with Crippen LogP contribution in [0.25, 0.3) is 16.6 Å². The van der Waals surface area contributed by atoms with Gasteiger partial charge in [0.05, 0.1) is 23.0 Å². The molecule has 0 N–H and O–H groups in total. The van der Waals surface area contributed by atoms with Gasteiger partial charge in [0.2, 0.25) is 0 Å². The van der Waals surface area contributed by atoms with E-state index in [1.807, 2.05) is 6.07 Å². The van der Waals surface area contributed by atoms with E-state index in [1.165, 1.54) is 15.0 Å². The number of esters is 1. The molecule has 29 heavy (non-hydrogen) atoms. The van der Waals surface area contributed by atoms with Crippen LogP contribution in [0, 0.1) is 0 Å². The smallest absolute Gasteiger partial charge is 0.306 e. The number of carbonyl (C=O) groups excluding carboxylic acids is 1. The first-order chi connectivity index (χ1) is 14.0. The van der Waals surface area contributed by atoms with E-state index in [1.54, 1.807) is 49.6 Å². The molecule has 4 aromatic rings. The highest BCUT2D eigenvalue weighted by molar-refractivity contribution is 5.77. The van der Waals surface area contributed by atoms with Gasteiger partial charge >= 0.3 is 5.97 Å². The molecule has 3 aromatic heterocycles. The van der Waals surface area contributed by atoms with Crippen LogP contribution in [0.1, 0.15) is 17.9 Å². The van der Waals surface area contributed by atoms with Crippen molar-refractivity contribution in [3.63, 3.8) is 0 Å². The summed E-state index contributed by atoms with van der Waals surface area (Å²) in [6.07, 6.45) is 1.95. The second-order valence-corrected chi connectivity index (χ2v) is 6.58. The molecule has 0 atom stereocenters. The molecular formula is C21H18N4O4. The molecule has 0 unspecified atom stereocenters. The van der Waals surface area contributed by atoms with E-state index in [0.717, 1.165) is 0 Å². The quantitative estimate of drug-likeness (QED) is 0.481. The highest BCUT2D eigenvalue weighted by Crippen LogP contribution is 2.09. The second kappa shape index (κ2) is 7.67. The van der Waals surface area contributed by atoms with Gasteiger partial charge in [-0.25, -0.2) is 9.97 Å². The summed E-state index contributed by atoms with van der Waals surface area (Å²) in [6.45, 7) is -0.0937. The molecule has 146 valence electrons. The summed E-state index contributed by atoms with van der Waals surface area (Å²) in [5, 5.41) is 0.537. The van der Waals surface area contributed by atoms with Crippen molar-refractivity contribution in [2.45, 2.75) is 19.4 Å². The minimum atomic E-state index is -0.456. The molecule has 4 rings (SSSR count). The van der Waals surface area contributed by atoms with Crippen molar-refractivity contribution in [3.8, 4) is 0 Å². The third-order valence-corrected chi connectivity index (χ3v) is 4.63. The van der Waals surface area contributed by atoms with Crippen molar-refractivity contribution in [2.75, 3.05) is 0 Å². The lowest BCUT2D eigenvalue weighted by molar-refractivity contribution is -0.145. The average molecular weight is 390 g/mol. The largest absolute Gasteiger partial charge is 0.459 e. The van der Waals surface area contributed by atoms with Gasteiger partial charge in [-0.05, 0) is 24.3 Å². The highest BCUT2D eigenvalue weighted by atomic mass is 16.5. The van der Waals surface area contributed by atoms with Crippen LogP contribution in [-0.2, 0) is 29.6 Å². The van der Waals surface area contributed by atoms with Crippen molar-refractivity contribution in [1.82, 2.24) is 18.9 Å². The number of para-hydroxylation sites is 1. The lowest BCUT2D eigenvalue weighted by atomic mass is 10.2. The van der Waals surface area contributed by atoms with Crippen LogP contribution >= 0.6 is 0 Å². The monoisotopic (exact) mass is 390 g/mol. The van der Waals surface area contributed by atoms with Crippen LogP contribution in [0.3, 0.4) is 0 Å². The summed E-state index contributed by atoms with van der Waals surface area (Å²) in [5.74, 6) is 0.0511. The van der Waals surface area contributed by atoms with E-state index >= 15 is 0 Å². The van der Waals surface area contributed by atoms with Crippen LogP contribution in [0.2, 0.25) is 0 Å². The molecule has 0 aliphatic rings. The molecule has 0 aliphatic carbocycles. The fourth-order valence-electron chi connectivity index (χ4n) is 3.10. The molecule has 0 saturated heterocycles. The van der Waals surface area contributed by atoms with Crippen LogP contribution in [-0.4, -0.2) is 24.9 Å². The summed E-state index contributed by atoms with van der Waals surface area (Å²) in [6, 6.07) is 13.7. The zero-order valence-corrected chi connectivity index (χ0v) is 15.7. The van der Waals surface area contributed by atoms with E-state index < -0.39 is 5.97 Å². The van der Waals surface area contributed by atoms with Crippen molar-refractivity contribution in [3.05, 3.63) is 87.0 Å². The van der Waals surface area contributed by atoms with Gasteiger partial charge in [0, 0.05) is 25.7 Å². The Labute approximate surface area is 165 Å². The van der Waals surface area contributed by atoms with Crippen LogP contribution in [0.4, 0.5) is 0 Å². The Bertz CT molecular complexity index is 1340. The number of hydrogen-bond acceptors (Lipinski definition) is 6. The predicted molar refractivity (Wildman–Crippen MR) is 107 cm³/mol. The van der Waals surface area contributed by atoms with Gasteiger partial charge in [-0.3, -0.25) is 23.4 Å². The van der Waals surface area contributed by atoms with Crippen molar-refractivity contribution < 1.29 is 9.53 Å². The normalized spacial score (nSPS) is 11.1. The Hall–Kier alpha value is -3.81. The van der Waals surface area contributed by atoms with E-state index in [0.29, 0.717) is 28.1 Å². The fraction of sp³-hybridized carbons (Fsp3) is 0.190. The minimum Gasteiger partial charge on any atom is -0.459 e. The van der Waals surface area contributed by atoms with Gasteiger partial charge < -0.3 is 4.74 Å². The van der Waals surface area contributed by atoms with Crippen LogP contribution in [0.15, 0.2) is 64.3 Å². The SMILES string of the molecule is Cn1c(CCC(=O)OCc2cc(=O)n3ccccc3n2)nc2ccccc2c1=O. The zero-order chi connectivity index (χ0) is 20.4. The van der Waals surface area contributed by atoms with Gasteiger partial charge in [-0.15, -0.1) is 0 Å². The molecular weight excluding hydrogens is 372 g/mol.